The average Bonchev–Trinajstić information content (AvgIpc) is 2.99. The number of carbonyl (C=O) groups excluding carboxylic acids is 1. The van der Waals surface area contributed by atoms with Gasteiger partial charge in [0.2, 0.25) is 5.13 Å². The number of amides is 1. The number of allylic oxidation sites excluding steroid dienone is 4. The van der Waals surface area contributed by atoms with Crippen molar-refractivity contribution in [3.63, 3.8) is 0 Å². The number of aryl methyl sites for hydroxylation is 1. The number of hydrogen-bond acceptors (Lipinski definition) is 2. The fourth-order valence-corrected chi connectivity index (χ4v) is 2.89. The Balaban J connectivity index is 1.92. The van der Waals surface area contributed by atoms with Gasteiger partial charge in [-0.15, -0.1) is 0 Å². The van der Waals surface area contributed by atoms with Crippen molar-refractivity contribution in [3.05, 3.63) is 71.3 Å². The fraction of sp³-hybridized carbons (Fsp3) is 0.222. The molecule has 1 aliphatic carbocycles. The maximum absolute atomic E-state index is 13.7. The predicted molar refractivity (Wildman–Crippen MR) is 93.2 cm³/mol. The topological polar surface area (TPSA) is 46.9 Å². The molecule has 0 radical (unpaired) electrons. The van der Waals surface area contributed by atoms with E-state index in [2.05, 4.69) is 10.4 Å². The number of halogens is 5. The van der Waals surface area contributed by atoms with Crippen LogP contribution in [0.4, 0.5) is 23.2 Å². The molecule has 4 nitrogen and oxygen atoms in total. The first-order valence-corrected chi connectivity index (χ1v) is 8.23. The molecular weight excluding hydrogens is 386 g/mol. The van der Waals surface area contributed by atoms with Crippen molar-refractivity contribution < 1.29 is 22.4 Å². The number of rotatable bonds is 4. The third-order valence-corrected chi connectivity index (χ3v) is 4.23. The molecule has 0 unspecified atom stereocenters. The summed E-state index contributed by atoms with van der Waals surface area (Å²) in [6, 6.07) is 3.60. The van der Waals surface area contributed by atoms with Gasteiger partial charge in [0.1, 0.15) is 11.5 Å². The average molecular weight is 400 g/mol. The first kappa shape index (κ1) is 19.2. The largest absolute Gasteiger partial charge is 0.322 e. The van der Waals surface area contributed by atoms with E-state index in [1.165, 1.54) is 37.5 Å². The molecule has 3 rings (SSSR count). The van der Waals surface area contributed by atoms with E-state index >= 15 is 0 Å². The summed E-state index contributed by atoms with van der Waals surface area (Å²) >= 11 is 5.55. The third-order valence-electron chi connectivity index (χ3n) is 3.98. The van der Waals surface area contributed by atoms with Crippen LogP contribution in [0.5, 0.6) is 0 Å². The molecule has 0 saturated heterocycles. The number of nitrogens with one attached hydrogen (secondary N) is 1. The molecule has 0 saturated carbocycles. The van der Waals surface area contributed by atoms with Gasteiger partial charge in [-0.3, -0.25) is 9.48 Å². The lowest BCUT2D eigenvalue weighted by molar-refractivity contribution is 0.101. The summed E-state index contributed by atoms with van der Waals surface area (Å²) < 4.78 is 54.6. The van der Waals surface area contributed by atoms with E-state index in [9.17, 15) is 22.4 Å². The molecule has 0 aliphatic heterocycles. The number of aromatic nitrogens is 2. The summed E-state index contributed by atoms with van der Waals surface area (Å²) in [6.45, 7) is 0. The van der Waals surface area contributed by atoms with Crippen LogP contribution in [0, 0.1) is 5.82 Å². The van der Waals surface area contributed by atoms with Gasteiger partial charge < -0.3 is 5.32 Å². The van der Waals surface area contributed by atoms with E-state index in [0.717, 1.165) is 22.9 Å². The molecule has 1 aromatic heterocycles. The van der Waals surface area contributed by atoms with Gasteiger partial charge >= 0.3 is 0 Å². The molecule has 1 heterocycles. The number of carbonyl (C=O) groups is 1. The molecule has 1 N–H and O–H groups in total. The van der Waals surface area contributed by atoms with Gasteiger partial charge in [0.05, 0.1) is 5.56 Å². The van der Waals surface area contributed by atoms with E-state index in [1.54, 1.807) is 0 Å². The van der Waals surface area contributed by atoms with Crippen molar-refractivity contribution in [3.8, 4) is 0 Å². The van der Waals surface area contributed by atoms with E-state index in [1.807, 2.05) is 0 Å². The highest BCUT2D eigenvalue weighted by Gasteiger charge is 2.26. The van der Waals surface area contributed by atoms with Gasteiger partial charge in [0.25, 0.3) is 12.3 Å². The van der Waals surface area contributed by atoms with Gasteiger partial charge in [-0.05, 0) is 35.9 Å². The molecule has 0 fully saturated rings. The van der Waals surface area contributed by atoms with Crippen LogP contribution in [0.25, 0.3) is 0 Å². The van der Waals surface area contributed by atoms with Crippen LogP contribution in [-0.4, -0.2) is 20.8 Å². The quantitative estimate of drug-likeness (QED) is 0.453. The number of nitrogens with zero attached hydrogens (tertiary/aromatic N) is 2. The first-order valence-electron chi connectivity index (χ1n) is 7.85. The Morgan fingerprint density at radius 1 is 1.33 bits per heavy atom. The molecular formula is C18H14ClF4N3O. The number of anilines is 1. The minimum Gasteiger partial charge on any atom is -0.322 e. The van der Waals surface area contributed by atoms with Crippen LogP contribution in [0.15, 0.2) is 48.7 Å². The summed E-state index contributed by atoms with van der Waals surface area (Å²) in [7, 11) is 1.42. The minimum absolute atomic E-state index is 0.200. The van der Waals surface area contributed by atoms with Gasteiger partial charge in [-0.1, -0.05) is 23.8 Å². The molecule has 1 aromatic carbocycles. The zero-order valence-corrected chi connectivity index (χ0v) is 14.7. The van der Waals surface area contributed by atoms with Gasteiger partial charge in [0, 0.05) is 24.8 Å². The van der Waals surface area contributed by atoms with Crippen LogP contribution < -0.4 is 5.32 Å². The van der Waals surface area contributed by atoms with Crippen molar-refractivity contribution in [2.75, 3.05) is 5.32 Å². The standard InChI is InChI=1S/C18H14ClF4N3O/c1-26-9-13(15(25-26)16(21)22)17(27)24-14-3-2-11(20)8-12(14)10-4-6-18(19,23)7-5-10/h2-10,16H,1H3,(H,24,27). The normalized spacial score (nSPS) is 21.7. The van der Waals surface area contributed by atoms with E-state index in [0.29, 0.717) is 5.56 Å². The molecule has 142 valence electrons. The number of alkyl halides is 4. The maximum atomic E-state index is 13.7. The first-order chi connectivity index (χ1) is 12.7. The maximum Gasteiger partial charge on any atom is 0.282 e. The highest BCUT2D eigenvalue weighted by Crippen LogP contribution is 2.35. The highest BCUT2D eigenvalue weighted by atomic mass is 35.5. The second-order valence-electron chi connectivity index (χ2n) is 6.01. The Morgan fingerprint density at radius 2 is 2.00 bits per heavy atom. The molecule has 0 atom stereocenters. The Labute approximate surface area is 157 Å². The monoisotopic (exact) mass is 399 g/mol. The van der Waals surface area contributed by atoms with E-state index in [4.69, 9.17) is 11.6 Å². The minimum atomic E-state index is -2.93. The summed E-state index contributed by atoms with van der Waals surface area (Å²) in [4.78, 5) is 12.5. The third kappa shape index (κ3) is 4.21. The Morgan fingerprint density at radius 3 is 2.63 bits per heavy atom. The Kier molecular flexibility index (Phi) is 5.10. The number of benzene rings is 1. The van der Waals surface area contributed by atoms with Crippen LogP contribution in [-0.2, 0) is 7.05 Å². The molecule has 0 spiro atoms. The lowest BCUT2D eigenvalue weighted by Gasteiger charge is -2.20. The van der Waals surface area contributed by atoms with Crippen LogP contribution in [0.1, 0.15) is 34.0 Å². The Bertz CT molecular complexity index is 921. The van der Waals surface area contributed by atoms with Gasteiger partial charge in [0.15, 0.2) is 0 Å². The summed E-state index contributed by atoms with van der Waals surface area (Å²) in [6.07, 6.45) is 3.30. The van der Waals surface area contributed by atoms with Crippen molar-refractivity contribution in [1.82, 2.24) is 9.78 Å². The zero-order chi connectivity index (χ0) is 19.8. The fourth-order valence-electron chi connectivity index (χ4n) is 2.75. The van der Waals surface area contributed by atoms with E-state index < -0.39 is 34.9 Å². The lowest BCUT2D eigenvalue weighted by Crippen LogP contribution is -2.16. The lowest BCUT2D eigenvalue weighted by atomic mass is 9.92. The summed E-state index contributed by atoms with van der Waals surface area (Å²) in [5, 5.41) is 3.95. The highest BCUT2D eigenvalue weighted by molar-refractivity contribution is 6.25. The molecule has 1 amide bonds. The molecule has 9 heteroatoms. The van der Waals surface area contributed by atoms with Crippen LogP contribution in [0.3, 0.4) is 0 Å². The second kappa shape index (κ2) is 7.19. The second-order valence-corrected chi connectivity index (χ2v) is 6.59. The zero-order valence-electron chi connectivity index (χ0n) is 14.0. The van der Waals surface area contributed by atoms with E-state index in [-0.39, 0.29) is 11.3 Å². The van der Waals surface area contributed by atoms with Gasteiger partial charge in [-0.25, -0.2) is 17.6 Å². The number of hydrogen-bond donors (Lipinski definition) is 1. The summed E-state index contributed by atoms with van der Waals surface area (Å²) in [5.41, 5.74) is -0.419. The predicted octanol–water partition coefficient (Wildman–Crippen LogP) is 4.86. The van der Waals surface area contributed by atoms with Crippen molar-refractivity contribution in [2.45, 2.75) is 17.5 Å². The molecule has 1 aliphatic rings. The molecule has 0 bridgehead atoms. The summed E-state index contributed by atoms with van der Waals surface area (Å²) in [5.74, 6) is -1.93. The molecule has 2 aromatic rings. The smallest absolute Gasteiger partial charge is 0.282 e. The van der Waals surface area contributed by atoms with Crippen molar-refractivity contribution >= 4 is 23.2 Å². The van der Waals surface area contributed by atoms with Crippen LogP contribution >= 0.6 is 11.6 Å². The van der Waals surface area contributed by atoms with Crippen molar-refractivity contribution in [1.29, 1.82) is 0 Å². The van der Waals surface area contributed by atoms with Crippen LogP contribution in [0.2, 0.25) is 0 Å². The Hall–Kier alpha value is -2.61. The van der Waals surface area contributed by atoms with Gasteiger partial charge in [-0.2, -0.15) is 5.10 Å². The SMILES string of the molecule is Cn1cc(C(=O)Nc2ccc(F)cc2C2C=CC(F)(Cl)C=C2)c(C(F)F)n1. The molecule has 27 heavy (non-hydrogen) atoms. The van der Waals surface area contributed by atoms with Crippen molar-refractivity contribution in [2.24, 2.45) is 7.05 Å².